The molecule has 0 bridgehead atoms. The van der Waals surface area contributed by atoms with Crippen LogP contribution in [0.3, 0.4) is 0 Å². The van der Waals surface area contributed by atoms with Gasteiger partial charge in [0.05, 0.1) is 6.04 Å². The molecule has 0 N–H and O–H groups in total. The highest BCUT2D eigenvalue weighted by Crippen LogP contribution is 2.39. The zero-order valence-electron chi connectivity index (χ0n) is 13.3. The number of thiocarbonyl (C=S) groups is 1. The maximum absolute atomic E-state index is 5.91. The average molecular weight is 322 g/mol. The number of hydrogen-bond acceptors (Lipinski definition) is 1. The molecule has 0 spiro atoms. The smallest absolute Gasteiger partial charge is 0.172 e. The van der Waals surface area contributed by atoms with Crippen molar-refractivity contribution in [3.63, 3.8) is 0 Å². The van der Waals surface area contributed by atoms with E-state index in [0.717, 1.165) is 24.7 Å². The molecule has 1 atom stereocenters. The number of rotatable bonds is 1. The van der Waals surface area contributed by atoms with Crippen LogP contribution in [0.4, 0.5) is 0 Å². The topological polar surface area (TPSA) is 6.48 Å². The Balaban J connectivity index is 1.70. The van der Waals surface area contributed by atoms with Crippen LogP contribution in [0.1, 0.15) is 42.0 Å². The Bertz CT molecular complexity index is 692. The predicted molar refractivity (Wildman–Crippen MR) is 98.3 cm³/mol. The molecule has 118 valence electrons. The summed E-state index contributed by atoms with van der Waals surface area (Å²) in [6, 6.07) is 19.8. The Morgan fingerprint density at radius 3 is 2.35 bits per heavy atom. The highest BCUT2D eigenvalue weighted by Gasteiger charge is 2.34. The molecule has 0 saturated carbocycles. The first-order chi connectivity index (χ1) is 11.3. The molecule has 4 rings (SSSR count). The van der Waals surface area contributed by atoms with Gasteiger partial charge in [-0.05, 0) is 48.2 Å². The molecular formula is C20H22N2S. The highest BCUT2D eigenvalue weighted by molar-refractivity contribution is 7.80. The number of nitrogens with zero attached hydrogens (tertiary/aromatic N) is 2. The van der Waals surface area contributed by atoms with Crippen molar-refractivity contribution < 1.29 is 0 Å². The molecule has 2 nitrogen and oxygen atoms in total. The van der Waals surface area contributed by atoms with Crippen LogP contribution in [0.2, 0.25) is 0 Å². The van der Waals surface area contributed by atoms with E-state index in [0.29, 0.717) is 0 Å². The van der Waals surface area contributed by atoms with Gasteiger partial charge in [-0.3, -0.25) is 0 Å². The summed E-state index contributed by atoms with van der Waals surface area (Å²) < 4.78 is 0. The molecule has 3 heteroatoms. The van der Waals surface area contributed by atoms with E-state index < -0.39 is 0 Å². The summed E-state index contributed by atoms with van der Waals surface area (Å²) in [5.74, 6) is 0. The summed E-state index contributed by atoms with van der Waals surface area (Å²) in [5.41, 5.74) is 4.13. The van der Waals surface area contributed by atoms with Crippen LogP contribution in [0, 0.1) is 0 Å². The highest BCUT2D eigenvalue weighted by atomic mass is 32.1. The van der Waals surface area contributed by atoms with Gasteiger partial charge < -0.3 is 9.80 Å². The van der Waals surface area contributed by atoms with Gasteiger partial charge in [0.25, 0.3) is 0 Å². The number of fused-ring (bicyclic) bond motifs is 1. The zero-order chi connectivity index (χ0) is 15.6. The molecule has 2 aromatic rings. The second kappa shape index (κ2) is 6.32. The third-order valence-electron chi connectivity index (χ3n) is 4.99. The van der Waals surface area contributed by atoms with Crippen LogP contribution in [0.15, 0.2) is 54.6 Å². The first-order valence-corrected chi connectivity index (χ1v) is 8.94. The average Bonchev–Trinajstić information content (AvgIpc) is 3.02. The van der Waals surface area contributed by atoms with Crippen LogP contribution in [0.5, 0.6) is 0 Å². The molecule has 23 heavy (non-hydrogen) atoms. The van der Waals surface area contributed by atoms with Gasteiger partial charge in [-0.25, -0.2) is 0 Å². The van der Waals surface area contributed by atoms with Gasteiger partial charge in [-0.15, -0.1) is 0 Å². The zero-order valence-corrected chi connectivity index (χ0v) is 14.1. The molecule has 1 unspecified atom stereocenters. The van der Waals surface area contributed by atoms with Crippen molar-refractivity contribution in [2.45, 2.75) is 31.8 Å². The lowest BCUT2D eigenvalue weighted by atomic mass is 9.98. The molecule has 1 fully saturated rings. The van der Waals surface area contributed by atoms with E-state index in [4.69, 9.17) is 12.2 Å². The molecule has 0 aromatic heterocycles. The Morgan fingerprint density at radius 1 is 0.870 bits per heavy atom. The summed E-state index contributed by atoms with van der Waals surface area (Å²) in [6.45, 7) is 3.13. The summed E-state index contributed by atoms with van der Waals surface area (Å²) in [7, 11) is 0. The molecule has 0 amide bonds. The first-order valence-electron chi connectivity index (χ1n) is 8.53. The Hall–Kier alpha value is -1.87. The van der Waals surface area contributed by atoms with Crippen molar-refractivity contribution in [3.05, 3.63) is 71.3 Å². The largest absolute Gasteiger partial charge is 0.349 e. The minimum atomic E-state index is 0.252. The predicted octanol–water partition coefficient (Wildman–Crippen LogP) is 4.36. The minimum Gasteiger partial charge on any atom is -0.349 e. The van der Waals surface area contributed by atoms with Crippen LogP contribution in [-0.4, -0.2) is 28.0 Å². The standard InChI is InChI=1S/C20H22N2S/c23-20(21-13-7-2-8-14-21)22-15-17-11-5-6-12-18(17)19(22)16-9-3-1-4-10-16/h1,3-6,9-12,19H,2,7-8,13-15H2. The van der Waals surface area contributed by atoms with Crippen molar-refractivity contribution in [2.75, 3.05) is 13.1 Å². The van der Waals surface area contributed by atoms with Gasteiger partial charge in [0.1, 0.15) is 0 Å². The van der Waals surface area contributed by atoms with Gasteiger partial charge in [-0.1, -0.05) is 54.6 Å². The number of likely N-dealkylation sites (tertiary alicyclic amines) is 1. The van der Waals surface area contributed by atoms with Crippen LogP contribution in [-0.2, 0) is 6.54 Å². The quantitative estimate of drug-likeness (QED) is 0.720. The molecule has 0 radical (unpaired) electrons. The van der Waals surface area contributed by atoms with Crippen molar-refractivity contribution in [1.82, 2.24) is 9.80 Å². The second-order valence-electron chi connectivity index (χ2n) is 6.47. The van der Waals surface area contributed by atoms with Crippen LogP contribution in [0.25, 0.3) is 0 Å². The fraction of sp³-hybridized carbons (Fsp3) is 0.350. The van der Waals surface area contributed by atoms with Crippen molar-refractivity contribution in [3.8, 4) is 0 Å². The van der Waals surface area contributed by atoms with Gasteiger partial charge in [0.2, 0.25) is 0 Å². The van der Waals surface area contributed by atoms with E-state index in [9.17, 15) is 0 Å². The summed E-state index contributed by atoms with van der Waals surface area (Å²) >= 11 is 5.91. The third kappa shape index (κ3) is 2.74. The number of piperidine rings is 1. The molecule has 0 aliphatic carbocycles. The molecule has 2 aliphatic heterocycles. The van der Waals surface area contributed by atoms with Crippen LogP contribution < -0.4 is 0 Å². The Morgan fingerprint density at radius 2 is 1.57 bits per heavy atom. The SMILES string of the molecule is S=C(N1CCCCC1)N1Cc2ccccc2C1c1ccccc1. The molecular weight excluding hydrogens is 300 g/mol. The lowest BCUT2D eigenvalue weighted by Crippen LogP contribution is -2.44. The molecule has 2 heterocycles. The normalized spacial score (nSPS) is 20.4. The van der Waals surface area contributed by atoms with E-state index in [1.807, 2.05) is 0 Å². The summed E-state index contributed by atoms with van der Waals surface area (Å²) in [6.07, 6.45) is 3.86. The Kier molecular flexibility index (Phi) is 4.04. The van der Waals surface area contributed by atoms with Gasteiger partial charge in [0, 0.05) is 19.6 Å². The second-order valence-corrected chi connectivity index (χ2v) is 6.84. The fourth-order valence-corrected chi connectivity index (χ4v) is 4.18. The number of hydrogen-bond donors (Lipinski definition) is 0. The van der Waals surface area contributed by atoms with E-state index in [1.165, 1.54) is 36.0 Å². The van der Waals surface area contributed by atoms with E-state index in [2.05, 4.69) is 64.4 Å². The van der Waals surface area contributed by atoms with Gasteiger partial charge in [-0.2, -0.15) is 0 Å². The van der Waals surface area contributed by atoms with Crippen molar-refractivity contribution >= 4 is 17.3 Å². The van der Waals surface area contributed by atoms with Crippen molar-refractivity contribution in [2.24, 2.45) is 0 Å². The molecule has 2 aromatic carbocycles. The minimum absolute atomic E-state index is 0.252. The maximum atomic E-state index is 5.91. The third-order valence-corrected chi connectivity index (χ3v) is 5.48. The van der Waals surface area contributed by atoms with E-state index in [1.54, 1.807) is 0 Å². The molecule has 1 saturated heterocycles. The van der Waals surface area contributed by atoms with E-state index in [-0.39, 0.29) is 6.04 Å². The first kappa shape index (κ1) is 14.7. The summed E-state index contributed by atoms with van der Waals surface area (Å²) in [4.78, 5) is 4.82. The van der Waals surface area contributed by atoms with Crippen molar-refractivity contribution in [1.29, 1.82) is 0 Å². The fourth-order valence-electron chi connectivity index (χ4n) is 3.83. The van der Waals surface area contributed by atoms with Gasteiger partial charge in [0.15, 0.2) is 5.11 Å². The molecule has 2 aliphatic rings. The number of benzene rings is 2. The Labute approximate surface area is 143 Å². The lowest BCUT2D eigenvalue weighted by Gasteiger charge is -2.37. The van der Waals surface area contributed by atoms with Crippen LogP contribution >= 0.6 is 12.2 Å². The maximum Gasteiger partial charge on any atom is 0.172 e. The summed E-state index contributed by atoms with van der Waals surface area (Å²) in [5, 5.41) is 1.02. The van der Waals surface area contributed by atoms with Gasteiger partial charge >= 0.3 is 0 Å². The monoisotopic (exact) mass is 322 g/mol. The van der Waals surface area contributed by atoms with E-state index >= 15 is 0 Å². The lowest BCUT2D eigenvalue weighted by molar-refractivity contribution is 0.276.